The molecule has 0 aromatic heterocycles. The zero-order chi connectivity index (χ0) is 16.4. The van der Waals surface area contributed by atoms with E-state index in [1.165, 1.54) is 12.1 Å². The Labute approximate surface area is 134 Å². The monoisotopic (exact) mass is 311 g/mol. The van der Waals surface area contributed by atoms with Gasteiger partial charge in [0.1, 0.15) is 11.3 Å². The number of para-hydroxylation sites is 1. The van der Waals surface area contributed by atoms with E-state index >= 15 is 0 Å². The number of phenols is 1. The lowest BCUT2D eigenvalue weighted by Gasteiger charge is -2.17. The smallest absolute Gasteiger partial charge is 0.342 e. The first-order valence-electron chi connectivity index (χ1n) is 7.41. The summed E-state index contributed by atoms with van der Waals surface area (Å²) in [7, 11) is 0. The Balaban J connectivity index is 1.66. The van der Waals surface area contributed by atoms with Gasteiger partial charge in [-0.1, -0.05) is 29.8 Å². The molecule has 3 rings (SSSR count). The molecule has 23 heavy (non-hydrogen) atoms. The molecular formula is C18H17NO4. The molecule has 0 unspecified atom stereocenters. The first-order valence-corrected chi connectivity index (χ1v) is 7.41. The average Bonchev–Trinajstić information content (AvgIpc) is 2.98. The van der Waals surface area contributed by atoms with E-state index < -0.39 is 5.97 Å². The van der Waals surface area contributed by atoms with Gasteiger partial charge in [0.2, 0.25) is 0 Å². The van der Waals surface area contributed by atoms with Gasteiger partial charge in [0.25, 0.3) is 5.91 Å². The summed E-state index contributed by atoms with van der Waals surface area (Å²) in [6.45, 7) is 2.05. The van der Waals surface area contributed by atoms with E-state index in [1.807, 2.05) is 31.2 Å². The summed E-state index contributed by atoms with van der Waals surface area (Å²) in [5.41, 5.74) is 2.88. The summed E-state index contributed by atoms with van der Waals surface area (Å²) >= 11 is 0. The number of fused-ring (bicyclic) bond motifs is 1. The van der Waals surface area contributed by atoms with Gasteiger partial charge in [-0.05, 0) is 37.1 Å². The highest BCUT2D eigenvalue weighted by Gasteiger charge is 2.25. The Kier molecular flexibility index (Phi) is 4.02. The highest BCUT2D eigenvalue weighted by Crippen LogP contribution is 2.27. The van der Waals surface area contributed by atoms with E-state index in [0.717, 1.165) is 23.2 Å². The molecule has 5 heteroatoms. The molecule has 1 aliphatic heterocycles. The minimum atomic E-state index is -0.702. The third-order valence-corrected chi connectivity index (χ3v) is 3.89. The molecule has 0 spiro atoms. The van der Waals surface area contributed by atoms with Gasteiger partial charge >= 0.3 is 5.97 Å². The highest BCUT2D eigenvalue weighted by molar-refractivity contribution is 5.99. The summed E-state index contributed by atoms with van der Waals surface area (Å²) in [6.07, 6.45) is 0.800. The Morgan fingerprint density at radius 3 is 2.83 bits per heavy atom. The van der Waals surface area contributed by atoms with E-state index in [2.05, 4.69) is 0 Å². The van der Waals surface area contributed by atoms with Gasteiger partial charge in [-0.2, -0.15) is 0 Å². The molecule has 0 saturated heterocycles. The fourth-order valence-corrected chi connectivity index (χ4v) is 2.69. The standard InChI is InChI=1S/C18H17NO4/c1-12-6-7-16(20)14(10-12)18(22)23-11-17(21)19-9-8-13-4-2-3-5-15(13)19/h2-7,10,20H,8-9,11H2,1H3. The van der Waals surface area contributed by atoms with Crippen molar-refractivity contribution in [1.29, 1.82) is 0 Å². The van der Waals surface area contributed by atoms with Crippen LogP contribution in [-0.2, 0) is 16.0 Å². The minimum Gasteiger partial charge on any atom is -0.507 e. The van der Waals surface area contributed by atoms with E-state index in [4.69, 9.17) is 4.74 Å². The van der Waals surface area contributed by atoms with Crippen LogP contribution in [0, 0.1) is 6.92 Å². The van der Waals surface area contributed by atoms with Crippen molar-refractivity contribution in [3.8, 4) is 5.75 Å². The zero-order valence-electron chi connectivity index (χ0n) is 12.8. The predicted octanol–water partition coefficient (Wildman–Crippen LogP) is 2.45. The van der Waals surface area contributed by atoms with Crippen LogP contribution in [-0.4, -0.2) is 30.1 Å². The number of carbonyl (C=O) groups excluding carboxylic acids is 2. The van der Waals surface area contributed by atoms with Crippen LogP contribution in [0.3, 0.4) is 0 Å². The molecule has 0 radical (unpaired) electrons. The van der Waals surface area contributed by atoms with Gasteiger partial charge in [-0.15, -0.1) is 0 Å². The van der Waals surface area contributed by atoms with Crippen molar-refractivity contribution < 1.29 is 19.4 Å². The molecule has 0 bridgehead atoms. The van der Waals surface area contributed by atoms with Crippen molar-refractivity contribution in [3.63, 3.8) is 0 Å². The van der Waals surface area contributed by atoms with Crippen LogP contribution < -0.4 is 4.90 Å². The number of amides is 1. The molecule has 1 N–H and O–H groups in total. The third kappa shape index (κ3) is 3.04. The molecule has 2 aromatic carbocycles. The second kappa shape index (κ2) is 6.12. The average molecular weight is 311 g/mol. The Hall–Kier alpha value is -2.82. The number of rotatable bonds is 3. The van der Waals surface area contributed by atoms with Crippen molar-refractivity contribution in [1.82, 2.24) is 0 Å². The lowest BCUT2D eigenvalue weighted by atomic mass is 10.1. The predicted molar refractivity (Wildman–Crippen MR) is 85.6 cm³/mol. The van der Waals surface area contributed by atoms with Gasteiger partial charge in [0, 0.05) is 12.2 Å². The van der Waals surface area contributed by atoms with Crippen LogP contribution in [0.25, 0.3) is 0 Å². The van der Waals surface area contributed by atoms with Crippen molar-refractivity contribution >= 4 is 17.6 Å². The molecule has 1 amide bonds. The molecule has 1 aliphatic rings. The molecule has 118 valence electrons. The molecule has 2 aromatic rings. The number of benzene rings is 2. The number of esters is 1. The number of hydrogen-bond acceptors (Lipinski definition) is 4. The number of hydrogen-bond donors (Lipinski definition) is 1. The Morgan fingerprint density at radius 2 is 2.00 bits per heavy atom. The molecule has 5 nitrogen and oxygen atoms in total. The van der Waals surface area contributed by atoms with Crippen molar-refractivity contribution in [3.05, 3.63) is 59.2 Å². The lowest BCUT2D eigenvalue weighted by Crippen LogP contribution is -2.33. The first-order chi connectivity index (χ1) is 11.1. The summed E-state index contributed by atoms with van der Waals surface area (Å²) in [5.74, 6) is -1.12. The fourth-order valence-electron chi connectivity index (χ4n) is 2.69. The number of phenolic OH excluding ortho intramolecular Hbond substituents is 1. The van der Waals surface area contributed by atoms with Gasteiger partial charge in [-0.25, -0.2) is 4.79 Å². The lowest BCUT2D eigenvalue weighted by molar-refractivity contribution is -0.121. The zero-order valence-corrected chi connectivity index (χ0v) is 12.8. The Bertz CT molecular complexity index is 769. The first kappa shape index (κ1) is 15.1. The van der Waals surface area contributed by atoms with Crippen LogP contribution in [0.5, 0.6) is 5.75 Å². The summed E-state index contributed by atoms with van der Waals surface area (Å²) in [5, 5.41) is 9.72. The second-order valence-electron chi connectivity index (χ2n) is 5.52. The van der Waals surface area contributed by atoms with Crippen LogP contribution in [0.1, 0.15) is 21.5 Å². The minimum absolute atomic E-state index is 0.0691. The quantitative estimate of drug-likeness (QED) is 0.884. The van der Waals surface area contributed by atoms with E-state index in [0.29, 0.717) is 6.54 Å². The van der Waals surface area contributed by atoms with Gasteiger partial charge in [0.05, 0.1) is 0 Å². The SMILES string of the molecule is Cc1ccc(O)c(C(=O)OCC(=O)N2CCc3ccccc32)c1. The van der Waals surface area contributed by atoms with Crippen LogP contribution in [0.4, 0.5) is 5.69 Å². The maximum Gasteiger partial charge on any atom is 0.342 e. The van der Waals surface area contributed by atoms with E-state index in [1.54, 1.807) is 11.0 Å². The summed E-state index contributed by atoms with van der Waals surface area (Å²) in [4.78, 5) is 25.9. The van der Waals surface area contributed by atoms with Gasteiger partial charge < -0.3 is 14.7 Å². The van der Waals surface area contributed by atoms with Crippen molar-refractivity contribution in [2.24, 2.45) is 0 Å². The molecule has 0 atom stereocenters. The normalized spacial score (nSPS) is 12.8. The number of anilines is 1. The van der Waals surface area contributed by atoms with Crippen LogP contribution in [0.2, 0.25) is 0 Å². The fraction of sp³-hybridized carbons (Fsp3) is 0.222. The van der Waals surface area contributed by atoms with Gasteiger partial charge in [-0.3, -0.25) is 4.79 Å². The molecular weight excluding hydrogens is 294 g/mol. The molecule has 1 heterocycles. The highest BCUT2D eigenvalue weighted by atomic mass is 16.5. The molecule has 0 fully saturated rings. The summed E-state index contributed by atoms with van der Waals surface area (Å²) in [6, 6.07) is 12.3. The largest absolute Gasteiger partial charge is 0.507 e. The number of ether oxygens (including phenoxy) is 1. The number of nitrogens with zero attached hydrogens (tertiary/aromatic N) is 1. The van der Waals surface area contributed by atoms with Crippen LogP contribution in [0.15, 0.2) is 42.5 Å². The third-order valence-electron chi connectivity index (χ3n) is 3.89. The number of carbonyl (C=O) groups is 2. The van der Waals surface area contributed by atoms with Gasteiger partial charge in [0.15, 0.2) is 6.61 Å². The summed E-state index contributed by atoms with van der Waals surface area (Å²) < 4.78 is 5.06. The maximum atomic E-state index is 12.3. The maximum absolute atomic E-state index is 12.3. The van der Waals surface area contributed by atoms with E-state index in [9.17, 15) is 14.7 Å². The van der Waals surface area contributed by atoms with Crippen molar-refractivity contribution in [2.75, 3.05) is 18.1 Å². The van der Waals surface area contributed by atoms with Crippen LogP contribution >= 0.6 is 0 Å². The molecule has 0 saturated carbocycles. The topological polar surface area (TPSA) is 66.8 Å². The second-order valence-corrected chi connectivity index (χ2v) is 5.52. The Morgan fingerprint density at radius 1 is 1.22 bits per heavy atom. The molecule has 0 aliphatic carbocycles. The number of aryl methyl sites for hydroxylation is 1. The number of aromatic hydroxyl groups is 1. The van der Waals surface area contributed by atoms with Crippen molar-refractivity contribution in [2.45, 2.75) is 13.3 Å². The van der Waals surface area contributed by atoms with E-state index in [-0.39, 0.29) is 23.8 Å².